The number of nitrogens with one attached hydrogen (secondary N) is 1. The second-order valence-electron chi connectivity index (χ2n) is 4.51. The number of para-hydroxylation sites is 1. The number of nitro groups is 1. The molecule has 0 aliphatic heterocycles. The standard InChI is InChI=1S/C14H14N2O5S/c1-10-5-3-4-6-12(10)15-22(19,20)14-8-7-11(16(17)18)9-13(14)21-2/h3-9,15H,1-2H3. The number of sulfonamides is 1. The molecular weight excluding hydrogens is 308 g/mol. The third kappa shape index (κ3) is 3.17. The number of nitro benzene ring substituents is 1. The molecule has 22 heavy (non-hydrogen) atoms. The van der Waals surface area contributed by atoms with Crippen LogP contribution in [0.15, 0.2) is 47.4 Å². The highest BCUT2D eigenvalue weighted by Crippen LogP contribution is 2.30. The molecule has 0 heterocycles. The number of hydrogen-bond donors (Lipinski definition) is 1. The average Bonchev–Trinajstić information content (AvgIpc) is 2.48. The van der Waals surface area contributed by atoms with Crippen molar-refractivity contribution in [3.63, 3.8) is 0 Å². The average molecular weight is 322 g/mol. The van der Waals surface area contributed by atoms with Crippen LogP contribution < -0.4 is 9.46 Å². The van der Waals surface area contributed by atoms with Crippen LogP contribution in [-0.4, -0.2) is 20.5 Å². The van der Waals surface area contributed by atoms with Gasteiger partial charge in [-0.3, -0.25) is 14.8 Å². The molecule has 0 amide bonds. The highest BCUT2D eigenvalue weighted by Gasteiger charge is 2.22. The van der Waals surface area contributed by atoms with Crippen LogP contribution in [0.2, 0.25) is 0 Å². The van der Waals surface area contributed by atoms with E-state index < -0.39 is 14.9 Å². The summed E-state index contributed by atoms with van der Waals surface area (Å²) in [4.78, 5) is 9.97. The minimum absolute atomic E-state index is 0.0877. The van der Waals surface area contributed by atoms with Crippen LogP contribution >= 0.6 is 0 Å². The molecule has 0 aromatic heterocycles. The summed E-state index contributed by atoms with van der Waals surface area (Å²) in [6, 6.07) is 10.2. The van der Waals surface area contributed by atoms with E-state index in [4.69, 9.17) is 4.74 Å². The fourth-order valence-corrected chi connectivity index (χ4v) is 3.16. The van der Waals surface area contributed by atoms with Gasteiger partial charge in [0.05, 0.1) is 23.8 Å². The lowest BCUT2D eigenvalue weighted by Crippen LogP contribution is -2.15. The molecule has 0 radical (unpaired) electrons. The van der Waals surface area contributed by atoms with Gasteiger partial charge in [0.2, 0.25) is 0 Å². The predicted octanol–water partition coefficient (Wildman–Crippen LogP) is 2.71. The van der Waals surface area contributed by atoms with Gasteiger partial charge in [-0.2, -0.15) is 0 Å². The van der Waals surface area contributed by atoms with Crippen LogP contribution in [0.25, 0.3) is 0 Å². The van der Waals surface area contributed by atoms with Crippen molar-refractivity contribution in [1.82, 2.24) is 0 Å². The first-order valence-electron chi connectivity index (χ1n) is 6.26. The highest BCUT2D eigenvalue weighted by molar-refractivity contribution is 7.92. The first-order chi connectivity index (χ1) is 10.3. The van der Waals surface area contributed by atoms with E-state index in [9.17, 15) is 18.5 Å². The van der Waals surface area contributed by atoms with E-state index in [-0.39, 0.29) is 16.3 Å². The van der Waals surface area contributed by atoms with E-state index in [0.717, 1.165) is 23.8 Å². The molecule has 0 atom stereocenters. The SMILES string of the molecule is COc1cc([N+](=O)[O-])ccc1S(=O)(=O)Nc1ccccc1C. The third-order valence-corrected chi connectivity index (χ3v) is 4.44. The molecule has 0 spiro atoms. The Balaban J connectivity index is 2.45. The second-order valence-corrected chi connectivity index (χ2v) is 6.16. The number of nitrogens with zero attached hydrogens (tertiary/aromatic N) is 1. The molecule has 0 saturated carbocycles. The van der Waals surface area contributed by atoms with E-state index in [1.54, 1.807) is 31.2 Å². The van der Waals surface area contributed by atoms with E-state index in [2.05, 4.69) is 4.72 Å². The maximum absolute atomic E-state index is 12.5. The van der Waals surface area contributed by atoms with E-state index in [0.29, 0.717) is 5.69 Å². The first-order valence-corrected chi connectivity index (χ1v) is 7.74. The van der Waals surface area contributed by atoms with E-state index >= 15 is 0 Å². The Bertz CT molecular complexity index is 818. The summed E-state index contributed by atoms with van der Waals surface area (Å²) in [5.74, 6) is -0.0877. The van der Waals surface area contributed by atoms with Crippen molar-refractivity contribution in [3.8, 4) is 5.75 Å². The molecule has 0 unspecified atom stereocenters. The lowest BCUT2D eigenvalue weighted by molar-refractivity contribution is -0.385. The monoisotopic (exact) mass is 322 g/mol. The van der Waals surface area contributed by atoms with Crippen LogP contribution in [0.3, 0.4) is 0 Å². The summed E-state index contributed by atoms with van der Waals surface area (Å²) in [5.41, 5.74) is 0.946. The number of rotatable bonds is 5. The largest absolute Gasteiger partial charge is 0.495 e. The summed E-state index contributed by atoms with van der Waals surface area (Å²) in [6.07, 6.45) is 0. The molecule has 0 aliphatic carbocycles. The number of ether oxygens (including phenoxy) is 1. The topological polar surface area (TPSA) is 98.5 Å². The Morgan fingerprint density at radius 1 is 1.18 bits per heavy atom. The molecule has 1 N–H and O–H groups in total. The molecular formula is C14H14N2O5S. The number of hydrogen-bond acceptors (Lipinski definition) is 5. The van der Waals surface area contributed by atoms with Gasteiger partial charge in [-0.15, -0.1) is 0 Å². The van der Waals surface area contributed by atoms with Crippen LogP contribution in [0, 0.1) is 17.0 Å². The number of aryl methyl sites for hydroxylation is 1. The number of anilines is 1. The molecule has 2 aromatic carbocycles. The molecule has 116 valence electrons. The Hall–Kier alpha value is -2.61. The Morgan fingerprint density at radius 2 is 1.86 bits per heavy atom. The van der Waals surface area contributed by atoms with Gasteiger partial charge < -0.3 is 4.74 Å². The van der Waals surface area contributed by atoms with Gasteiger partial charge in [0.15, 0.2) is 0 Å². The number of non-ortho nitro benzene ring substituents is 1. The van der Waals surface area contributed by atoms with Crippen molar-refractivity contribution in [3.05, 3.63) is 58.1 Å². The number of methoxy groups -OCH3 is 1. The normalized spacial score (nSPS) is 11.0. The quantitative estimate of drug-likeness (QED) is 0.674. The zero-order chi connectivity index (χ0) is 16.3. The fraction of sp³-hybridized carbons (Fsp3) is 0.143. The van der Waals surface area contributed by atoms with Crippen molar-refractivity contribution in [2.45, 2.75) is 11.8 Å². The van der Waals surface area contributed by atoms with E-state index in [1.807, 2.05) is 0 Å². The lowest BCUT2D eigenvalue weighted by Gasteiger charge is -2.12. The second kappa shape index (κ2) is 6.02. The molecule has 2 rings (SSSR count). The molecule has 0 bridgehead atoms. The van der Waals surface area contributed by atoms with Crippen molar-refractivity contribution in [1.29, 1.82) is 0 Å². The van der Waals surface area contributed by atoms with Gasteiger partial charge in [0.25, 0.3) is 15.7 Å². The van der Waals surface area contributed by atoms with Crippen LogP contribution in [0.5, 0.6) is 5.75 Å². The molecule has 0 aliphatic rings. The maximum Gasteiger partial charge on any atom is 0.273 e. The van der Waals surface area contributed by atoms with Gasteiger partial charge in [0, 0.05) is 6.07 Å². The first kappa shape index (κ1) is 15.8. The minimum atomic E-state index is -3.92. The van der Waals surface area contributed by atoms with Gasteiger partial charge >= 0.3 is 0 Å². The minimum Gasteiger partial charge on any atom is -0.495 e. The number of benzene rings is 2. The van der Waals surface area contributed by atoms with Crippen molar-refractivity contribution in [2.75, 3.05) is 11.8 Å². The van der Waals surface area contributed by atoms with Gasteiger partial charge in [-0.05, 0) is 24.6 Å². The molecule has 8 heteroatoms. The lowest BCUT2D eigenvalue weighted by atomic mass is 10.2. The van der Waals surface area contributed by atoms with Crippen molar-refractivity contribution >= 4 is 21.4 Å². The molecule has 7 nitrogen and oxygen atoms in total. The zero-order valence-electron chi connectivity index (χ0n) is 11.9. The molecule has 2 aromatic rings. The summed E-state index contributed by atoms with van der Waals surface area (Å²) in [6.45, 7) is 1.77. The Labute approximate surface area is 127 Å². The van der Waals surface area contributed by atoms with Crippen LogP contribution in [0.4, 0.5) is 11.4 Å². The fourth-order valence-electron chi connectivity index (χ4n) is 1.88. The smallest absolute Gasteiger partial charge is 0.273 e. The summed E-state index contributed by atoms with van der Waals surface area (Å²) >= 11 is 0. The van der Waals surface area contributed by atoms with Crippen molar-refractivity contribution in [2.24, 2.45) is 0 Å². The molecule has 0 fully saturated rings. The maximum atomic E-state index is 12.5. The van der Waals surface area contributed by atoms with E-state index in [1.165, 1.54) is 7.11 Å². The van der Waals surface area contributed by atoms with Crippen LogP contribution in [0.1, 0.15) is 5.56 Å². The summed E-state index contributed by atoms with van der Waals surface area (Å²) in [7, 11) is -2.66. The third-order valence-electron chi connectivity index (χ3n) is 3.04. The van der Waals surface area contributed by atoms with Gasteiger partial charge in [0.1, 0.15) is 10.6 Å². The Morgan fingerprint density at radius 3 is 2.45 bits per heavy atom. The summed E-state index contributed by atoms with van der Waals surface area (Å²) in [5, 5.41) is 10.8. The molecule has 0 saturated heterocycles. The van der Waals surface area contributed by atoms with Gasteiger partial charge in [-0.25, -0.2) is 8.42 Å². The zero-order valence-corrected chi connectivity index (χ0v) is 12.8. The highest BCUT2D eigenvalue weighted by atomic mass is 32.2. The summed E-state index contributed by atoms with van der Waals surface area (Å²) < 4.78 is 32.3. The van der Waals surface area contributed by atoms with Crippen molar-refractivity contribution < 1.29 is 18.1 Å². The van der Waals surface area contributed by atoms with Gasteiger partial charge in [-0.1, -0.05) is 18.2 Å². The Kier molecular flexibility index (Phi) is 4.32. The van der Waals surface area contributed by atoms with Crippen LogP contribution in [-0.2, 0) is 10.0 Å². The predicted molar refractivity (Wildman–Crippen MR) is 81.6 cm³/mol.